The van der Waals surface area contributed by atoms with Gasteiger partial charge in [0.2, 0.25) is 5.95 Å². The van der Waals surface area contributed by atoms with Gasteiger partial charge < -0.3 is 9.74 Å². The smallest absolute Gasteiger partial charge is 0.225 e. The molecule has 0 aliphatic carbocycles. The van der Waals surface area contributed by atoms with E-state index in [0.717, 1.165) is 55.1 Å². The van der Waals surface area contributed by atoms with Gasteiger partial charge in [0, 0.05) is 44.7 Å². The van der Waals surface area contributed by atoms with Crippen LogP contribution >= 0.6 is 0 Å². The second-order valence-electron chi connectivity index (χ2n) is 5.25. The maximum Gasteiger partial charge on any atom is 0.225 e. The van der Waals surface area contributed by atoms with Gasteiger partial charge in [-0.1, -0.05) is 10.7 Å². The number of aryl methyl sites for hydroxylation is 1. The van der Waals surface area contributed by atoms with Crippen molar-refractivity contribution in [2.45, 2.75) is 33.1 Å². The van der Waals surface area contributed by atoms with Crippen molar-refractivity contribution in [3.05, 3.63) is 30.1 Å². The number of hydrogen-bond donors (Lipinski definition) is 0. The van der Waals surface area contributed by atoms with Crippen LogP contribution in [0.2, 0.25) is 0 Å². The zero-order chi connectivity index (χ0) is 14.4. The van der Waals surface area contributed by atoms with Crippen molar-refractivity contribution in [1.82, 2.24) is 9.97 Å². The van der Waals surface area contributed by atoms with E-state index in [9.17, 15) is 0 Å². The molecular formula is C15H22N4O. The third kappa shape index (κ3) is 4.33. The molecule has 5 heteroatoms. The summed E-state index contributed by atoms with van der Waals surface area (Å²) in [7, 11) is 0. The van der Waals surface area contributed by atoms with Crippen LogP contribution in [0.5, 0.6) is 0 Å². The molecule has 1 aliphatic heterocycles. The van der Waals surface area contributed by atoms with Crippen LogP contribution in [-0.2, 0) is 4.84 Å². The van der Waals surface area contributed by atoms with Gasteiger partial charge in [0.25, 0.3) is 0 Å². The van der Waals surface area contributed by atoms with Crippen LogP contribution in [-0.4, -0.2) is 35.4 Å². The van der Waals surface area contributed by atoms with Crippen LogP contribution in [0.4, 0.5) is 5.95 Å². The van der Waals surface area contributed by atoms with Gasteiger partial charge in [-0.3, -0.25) is 0 Å². The molecule has 1 saturated heterocycles. The minimum absolute atomic E-state index is 0.615. The maximum atomic E-state index is 5.32. The van der Waals surface area contributed by atoms with Crippen molar-refractivity contribution in [2.24, 2.45) is 5.16 Å². The highest BCUT2D eigenvalue weighted by atomic mass is 16.6. The molecule has 0 saturated carbocycles. The van der Waals surface area contributed by atoms with Crippen molar-refractivity contribution in [2.75, 3.05) is 24.6 Å². The summed E-state index contributed by atoms with van der Waals surface area (Å²) in [6.45, 7) is 10.2. The van der Waals surface area contributed by atoms with Crippen molar-refractivity contribution in [3.63, 3.8) is 0 Å². The van der Waals surface area contributed by atoms with E-state index in [2.05, 4.69) is 26.6 Å². The first-order chi connectivity index (χ1) is 9.65. The van der Waals surface area contributed by atoms with E-state index in [4.69, 9.17) is 4.84 Å². The molecule has 1 aromatic rings. The fourth-order valence-corrected chi connectivity index (χ4v) is 1.96. The average Bonchev–Trinajstić information content (AvgIpc) is 2.45. The first-order valence-corrected chi connectivity index (χ1v) is 7.01. The largest absolute Gasteiger partial charge is 0.396 e. The second kappa shape index (κ2) is 7.03. The Morgan fingerprint density at radius 1 is 1.35 bits per heavy atom. The molecule has 0 amide bonds. The van der Waals surface area contributed by atoms with E-state index in [1.54, 1.807) is 0 Å². The van der Waals surface area contributed by atoms with E-state index >= 15 is 0 Å². The van der Waals surface area contributed by atoms with E-state index in [1.165, 1.54) is 0 Å². The van der Waals surface area contributed by atoms with Crippen LogP contribution in [0.3, 0.4) is 0 Å². The molecule has 0 atom stereocenters. The predicted octanol–water partition coefficient (Wildman–Crippen LogP) is 2.72. The number of nitrogens with zero attached hydrogens (tertiary/aromatic N) is 4. The summed E-state index contributed by atoms with van der Waals surface area (Å²) < 4.78 is 0. The summed E-state index contributed by atoms with van der Waals surface area (Å²) >= 11 is 0. The molecule has 1 aromatic heterocycles. The SMILES string of the molecule is C=C(C)CCON=C1CCN(c2ncc(C)cn2)CC1. The van der Waals surface area contributed by atoms with Crippen LogP contribution < -0.4 is 4.90 Å². The van der Waals surface area contributed by atoms with Crippen molar-refractivity contribution >= 4 is 11.7 Å². The number of piperidine rings is 1. The fourth-order valence-electron chi connectivity index (χ4n) is 1.96. The summed E-state index contributed by atoms with van der Waals surface area (Å²) in [5, 5.41) is 4.21. The summed E-state index contributed by atoms with van der Waals surface area (Å²) in [5.41, 5.74) is 3.32. The van der Waals surface area contributed by atoms with Crippen molar-refractivity contribution in [3.8, 4) is 0 Å². The van der Waals surface area contributed by atoms with E-state index in [0.29, 0.717) is 6.61 Å². The number of hydrogen-bond acceptors (Lipinski definition) is 5. The van der Waals surface area contributed by atoms with Crippen LogP contribution in [0, 0.1) is 6.92 Å². The Kier molecular flexibility index (Phi) is 5.09. The maximum absolute atomic E-state index is 5.32. The number of aromatic nitrogens is 2. The first kappa shape index (κ1) is 14.5. The highest BCUT2D eigenvalue weighted by Crippen LogP contribution is 2.14. The summed E-state index contributed by atoms with van der Waals surface area (Å²) in [6, 6.07) is 0. The number of anilines is 1. The molecule has 2 rings (SSSR count). The lowest BCUT2D eigenvalue weighted by Gasteiger charge is -2.27. The average molecular weight is 274 g/mol. The van der Waals surface area contributed by atoms with Crippen LogP contribution in [0.1, 0.15) is 31.7 Å². The molecular weight excluding hydrogens is 252 g/mol. The summed E-state index contributed by atoms with van der Waals surface area (Å²) in [6.07, 6.45) is 6.38. The molecule has 0 unspecified atom stereocenters. The zero-order valence-corrected chi connectivity index (χ0v) is 12.3. The monoisotopic (exact) mass is 274 g/mol. The van der Waals surface area contributed by atoms with Gasteiger partial charge in [0.05, 0.1) is 5.71 Å². The van der Waals surface area contributed by atoms with E-state index in [1.807, 2.05) is 26.2 Å². The van der Waals surface area contributed by atoms with Crippen molar-refractivity contribution < 1.29 is 4.84 Å². The molecule has 20 heavy (non-hydrogen) atoms. The number of rotatable bonds is 5. The van der Waals surface area contributed by atoms with Gasteiger partial charge in [0.15, 0.2) is 0 Å². The molecule has 0 bridgehead atoms. The van der Waals surface area contributed by atoms with Gasteiger partial charge in [-0.25, -0.2) is 9.97 Å². The molecule has 0 aromatic carbocycles. The van der Waals surface area contributed by atoms with E-state index in [-0.39, 0.29) is 0 Å². The topological polar surface area (TPSA) is 50.6 Å². The Morgan fingerprint density at radius 3 is 2.60 bits per heavy atom. The molecule has 0 spiro atoms. The van der Waals surface area contributed by atoms with Gasteiger partial charge in [-0.2, -0.15) is 0 Å². The highest BCUT2D eigenvalue weighted by molar-refractivity contribution is 5.86. The Morgan fingerprint density at radius 2 is 2.00 bits per heavy atom. The summed E-state index contributed by atoms with van der Waals surface area (Å²) in [4.78, 5) is 16.2. The van der Waals surface area contributed by atoms with Gasteiger partial charge >= 0.3 is 0 Å². The fraction of sp³-hybridized carbons (Fsp3) is 0.533. The Hall–Kier alpha value is -1.91. The predicted molar refractivity (Wildman–Crippen MR) is 81.0 cm³/mol. The lowest BCUT2D eigenvalue weighted by atomic mass is 10.1. The third-order valence-electron chi connectivity index (χ3n) is 3.20. The van der Waals surface area contributed by atoms with Crippen LogP contribution in [0.25, 0.3) is 0 Å². The Labute approximate surface area is 120 Å². The molecule has 1 fully saturated rings. The molecule has 1 aliphatic rings. The zero-order valence-electron chi connectivity index (χ0n) is 12.3. The van der Waals surface area contributed by atoms with Crippen LogP contribution in [0.15, 0.2) is 29.7 Å². The van der Waals surface area contributed by atoms with Gasteiger partial charge in [-0.15, -0.1) is 6.58 Å². The molecule has 108 valence electrons. The minimum Gasteiger partial charge on any atom is -0.396 e. The summed E-state index contributed by atoms with van der Waals surface area (Å²) in [5.74, 6) is 0.804. The minimum atomic E-state index is 0.615. The first-order valence-electron chi connectivity index (χ1n) is 7.01. The van der Waals surface area contributed by atoms with E-state index < -0.39 is 0 Å². The molecule has 0 radical (unpaired) electrons. The van der Waals surface area contributed by atoms with Crippen molar-refractivity contribution in [1.29, 1.82) is 0 Å². The molecule has 5 nitrogen and oxygen atoms in total. The molecule has 0 N–H and O–H groups in total. The lowest BCUT2D eigenvalue weighted by Crippen LogP contribution is -2.35. The third-order valence-corrected chi connectivity index (χ3v) is 3.20. The molecule has 2 heterocycles. The van der Waals surface area contributed by atoms with Gasteiger partial charge in [0.1, 0.15) is 6.61 Å². The Balaban J connectivity index is 1.78. The number of oxime groups is 1. The normalized spacial score (nSPS) is 15.1. The quantitative estimate of drug-likeness (QED) is 0.470. The standard InChI is InChI=1S/C15H22N4O/c1-12(2)6-9-20-18-14-4-7-19(8-5-14)15-16-10-13(3)11-17-15/h10-11H,1,4-9H2,2-3H3. The highest BCUT2D eigenvalue weighted by Gasteiger charge is 2.17. The lowest BCUT2D eigenvalue weighted by molar-refractivity contribution is 0.146. The Bertz CT molecular complexity index is 471. The second-order valence-corrected chi connectivity index (χ2v) is 5.25. The van der Waals surface area contributed by atoms with Gasteiger partial charge in [-0.05, 0) is 19.4 Å².